The second kappa shape index (κ2) is 10.2. The minimum atomic E-state index is -4.53. The highest BCUT2D eigenvalue weighted by Crippen LogP contribution is 2.41. The van der Waals surface area contributed by atoms with E-state index in [1.54, 1.807) is 4.57 Å². The second-order valence-electron chi connectivity index (χ2n) is 10.6. The van der Waals surface area contributed by atoms with Crippen LogP contribution in [0.15, 0.2) is 36.9 Å². The molecule has 4 N–H and O–H groups in total. The number of imidazole rings is 1. The summed E-state index contributed by atoms with van der Waals surface area (Å²) in [6.45, 7) is 10.0. The number of aromatic hydroxyl groups is 1. The van der Waals surface area contributed by atoms with Crippen LogP contribution in [0.1, 0.15) is 43.8 Å². The first-order valence-electron chi connectivity index (χ1n) is 11.9. The Kier molecular flexibility index (Phi) is 7.51. The minimum Gasteiger partial charge on any atom is -0.507 e. The van der Waals surface area contributed by atoms with E-state index in [9.17, 15) is 18.3 Å². The molecule has 206 valence electrons. The number of nitrogens with one attached hydrogen (secondary N) is 1. The third-order valence-corrected chi connectivity index (χ3v) is 12.3. The zero-order valence-corrected chi connectivity index (χ0v) is 23.6. The predicted octanol–water partition coefficient (Wildman–Crippen LogP) is 2.48. The van der Waals surface area contributed by atoms with Crippen LogP contribution in [0.3, 0.4) is 0 Å². The number of nitrogens with two attached hydrogens (primary N) is 1. The summed E-state index contributed by atoms with van der Waals surface area (Å²) in [5, 5.41) is 9.73. The Morgan fingerprint density at radius 1 is 1.26 bits per heavy atom. The molecular weight excluding hydrogens is 532 g/mol. The van der Waals surface area contributed by atoms with Crippen molar-refractivity contribution in [3.8, 4) is 5.75 Å². The highest BCUT2D eigenvalue weighted by molar-refractivity contribution is 7.85. The van der Waals surface area contributed by atoms with Crippen LogP contribution in [-0.2, 0) is 23.7 Å². The van der Waals surface area contributed by atoms with Gasteiger partial charge in [-0.15, -0.1) is 0 Å². The molecule has 1 aliphatic rings. The quantitative estimate of drug-likeness (QED) is 0.342. The van der Waals surface area contributed by atoms with Gasteiger partial charge in [0.1, 0.15) is 29.9 Å². The number of ether oxygens (including phenoxy) is 1. The summed E-state index contributed by atoms with van der Waals surface area (Å²) in [5.41, 5.74) is 6.61. The molecule has 38 heavy (non-hydrogen) atoms. The first kappa shape index (κ1) is 27.9. The lowest BCUT2D eigenvalue weighted by atomic mass is 10.2. The molecular formula is C23H32N6O7SSi. The van der Waals surface area contributed by atoms with E-state index in [2.05, 4.69) is 48.8 Å². The number of benzene rings is 1. The SMILES string of the molecule is CC(C)(C)[Si](C)(C)O[C@H]1C[C@H](n2cnc3c(N)ncnc32)O[C@@H]1COS(=O)(=O)NC(=O)c1ccccc1O. The highest BCUT2D eigenvalue weighted by atomic mass is 32.2. The standard InChI is InChI=1S/C23H32N6O7SSi/c1-23(2,3)38(4,5)36-16-10-18(29-13-27-19-20(24)25-12-26-21(19)29)35-17(16)11-34-37(32,33)28-22(31)14-8-6-7-9-15(14)30/h6-9,12-13,16-18,30H,10-11H2,1-5H3,(H,28,31)(H2,24,25,26)/t16-,17+,18+/m0/s1. The summed E-state index contributed by atoms with van der Waals surface area (Å²) < 4.78 is 46.6. The number of hydrogen-bond donors (Lipinski definition) is 3. The van der Waals surface area contributed by atoms with Crippen LogP contribution in [-0.4, -0.2) is 66.1 Å². The van der Waals surface area contributed by atoms with Crippen LogP contribution < -0.4 is 10.5 Å². The highest BCUT2D eigenvalue weighted by Gasteiger charge is 2.46. The van der Waals surface area contributed by atoms with Crippen LogP contribution in [0.4, 0.5) is 5.82 Å². The molecule has 1 aromatic carbocycles. The van der Waals surface area contributed by atoms with Gasteiger partial charge in [0.25, 0.3) is 5.91 Å². The first-order chi connectivity index (χ1) is 17.7. The van der Waals surface area contributed by atoms with E-state index in [1.807, 2.05) is 4.72 Å². The van der Waals surface area contributed by atoms with Gasteiger partial charge in [0, 0.05) is 6.42 Å². The maximum absolute atomic E-state index is 12.6. The van der Waals surface area contributed by atoms with Crippen LogP contribution in [0.5, 0.6) is 5.75 Å². The number of fused-ring (bicyclic) bond motifs is 1. The van der Waals surface area contributed by atoms with Gasteiger partial charge >= 0.3 is 10.3 Å². The fourth-order valence-electron chi connectivity index (χ4n) is 3.80. The van der Waals surface area contributed by atoms with Crippen molar-refractivity contribution in [3.05, 3.63) is 42.5 Å². The third-order valence-electron chi connectivity index (χ3n) is 6.88. The zero-order valence-electron chi connectivity index (χ0n) is 21.8. The van der Waals surface area contributed by atoms with Gasteiger partial charge in [-0.1, -0.05) is 32.9 Å². The average Bonchev–Trinajstić information content (AvgIpc) is 3.41. The first-order valence-corrected chi connectivity index (χ1v) is 16.3. The summed E-state index contributed by atoms with van der Waals surface area (Å²) in [6, 6.07) is 5.57. The van der Waals surface area contributed by atoms with Crippen LogP contribution in [0, 0.1) is 0 Å². The van der Waals surface area contributed by atoms with Crippen LogP contribution in [0.25, 0.3) is 11.2 Å². The van der Waals surface area contributed by atoms with Gasteiger partial charge in [-0.3, -0.25) is 13.5 Å². The molecule has 0 radical (unpaired) electrons. The summed E-state index contributed by atoms with van der Waals surface area (Å²) in [7, 11) is -6.82. The number of hydrogen-bond acceptors (Lipinski definition) is 11. The number of phenolic OH excluding ortho intramolecular Hbond substituents is 1. The molecule has 1 aliphatic heterocycles. The fourth-order valence-corrected chi connectivity index (χ4v) is 5.87. The normalized spacial score (nSPS) is 20.6. The Morgan fingerprint density at radius 2 is 1.97 bits per heavy atom. The molecule has 2 aromatic heterocycles. The van der Waals surface area contributed by atoms with Crippen molar-refractivity contribution in [2.45, 2.75) is 63.8 Å². The monoisotopic (exact) mass is 564 g/mol. The summed E-state index contributed by atoms with van der Waals surface area (Å²) in [4.78, 5) is 24.9. The maximum atomic E-state index is 12.6. The lowest BCUT2D eigenvalue weighted by Gasteiger charge is -2.39. The Hall–Kier alpha value is -3.11. The van der Waals surface area contributed by atoms with Crippen LogP contribution >= 0.6 is 0 Å². The molecule has 15 heteroatoms. The van der Waals surface area contributed by atoms with E-state index in [0.29, 0.717) is 17.6 Å². The lowest BCUT2D eigenvalue weighted by Crippen LogP contribution is -2.47. The van der Waals surface area contributed by atoms with Gasteiger partial charge in [-0.2, -0.15) is 8.42 Å². The number of anilines is 1. The van der Waals surface area contributed by atoms with Crippen LogP contribution in [0.2, 0.25) is 18.1 Å². The smallest absolute Gasteiger partial charge is 0.362 e. The van der Waals surface area contributed by atoms with Crippen molar-refractivity contribution >= 4 is 41.5 Å². The number of carbonyl (C=O) groups is 1. The molecule has 1 saturated heterocycles. The Labute approximate surface area is 221 Å². The lowest BCUT2D eigenvalue weighted by molar-refractivity contribution is -0.0351. The van der Waals surface area contributed by atoms with Crippen molar-refractivity contribution in [1.82, 2.24) is 24.2 Å². The maximum Gasteiger partial charge on any atom is 0.362 e. The van der Waals surface area contributed by atoms with E-state index in [4.69, 9.17) is 19.1 Å². The number of carbonyl (C=O) groups excluding carboxylic acids is 1. The number of phenols is 1. The Morgan fingerprint density at radius 3 is 2.66 bits per heavy atom. The summed E-state index contributed by atoms with van der Waals surface area (Å²) in [5.74, 6) is -1.15. The fraction of sp³-hybridized carbons (Fsp3) is 0.478. The van der Waals surface area contributed by atoms with Gasteiger partial charge in [-0.05, 0) is 30.3 Å². The second-order valence-corrected chi connectivity index (χ2v) is 16.7. The van der Waals surface area contributed by atoms with E-state index in [0.717, 1.165) is 0 Å². The van der Waals surface area contributed by atoms with E-state index >= 15 is 0 Å². The van der Waals surface area contributed by atoms with Crippen molar-refractivity contribution < 1.29 is 31.7 Å². The molecule has 0 unspecified atom stereocenters. The number of para-hydroxylation sites is 1. The molecule has 0 bridgehead atoms. The summed E-state index contributed by atoms with van der Waals surface area (Å²) >= 11 is 0. The van der Waals surface area contributed by atoms with Gasteiger partial charge in [-0.25, -0.2) is 19.7 Å². The van der Waals surface area contributed by atoms with Gasteiger partial charge in [0.15, 0.2) is 19.8 Å². The van der Waals surface area contributed by atoms with Gasteiger partial charge in [0.2, 0.25) is 0 Å². The van der Waals surface area contributed by atoms with Crippen molar-refractivity contribution in [3.63, 3.8) is 0 Å². The van der Waals surface area contributed by atoms with E-state index in [1.165, 1.54) is 36.9 Å². The number of nitrogen functional groups attached to an aromatic ring is 1. The van der Waals surface area contributed by atoms with Gasteiger partial charge in [0.05, 0.1) is 24.6 Å². The van der Waals surface area contributed by atoms with E-state index < -0.39 is 49.6 Å². The molecule has 0 aliphatic carbocycles. The number of aromatic nitrogens is 4. The molecule has 1 amide bonds. The summed E-state index contributed by atoms with van der Waals surface area (Å²) in [6.07, 6.45) is 1.35. The molecule has 13 nitrogen and oxygen atoms in total. The molecule has 3 atom stereocenters. The Balaban J connectivity index is 1.53. The third kappa shape index (κ3) is 5.81. The molecule has 0 saturated carbocycles. The minimum absolute atomic E-state index is 0.113. The number of amides is 1. The van der Waals surface area contributed by atoms with Gasteiger partial charge < -0.3 is 20.0 Å². The molecule has 0 spiro atoms. The molecule has 3 aromatic rings. The zero-order chi connectivity index (χ0) is 27.9. The molecule has 1 fully saturated rings. The van der Waals surface area contributed by atoms with Crippen molar-refractivity contribution in [1.29, 1.82) is 0 Å². The predicted molar refractivity (Wildman–Crippen MR) is 141 cm³/mol. The average molecular weight is 565 g/mol. The molecule has 4 rings (SSSR count). The largest absolute Gasteiger partial charge is 0.507 e. The van der Waals surface area contributed by atoms with E-state index in [-0.39, 0.29) is 22.2 Å². The number of nitrogens with zero attached hydrogens (tertiary/aromatic N) is 4. The molecule has 3 heterocycles. The Bertz CT molecular complexity index is 1440. The number of rotatable bonds is 8. The van der Waals surface area contributed by atoms with Crippen molar-refractivity contribution in [2.24, 2.45) is 0 Å². The topological polar surface area (TPSA) is 181 Å². The van der Waals surface area contributed by atoms with Crippen molar-refractivity contribution in [2.75, 3.05) is 12.3 Å².